The van der Waals surface area contributed by atoms with E-state index in [1.165, 1.54) is 0 Å². The average molecular weight is 303 g/mol. The third kappa shape index (κ3) is 3.30. The zero-order valence-electron chi connectivity index (χ0n) is 13.5. The molecule has 0 radical (unpaired) electrons. The Hall–Kier alpha value is -1.88. The minimum Gasteiger partial charge on any atom is -0.333 e. The van der Waals surface area contributed by atoms with Crippen LogP contribution in [0.25, 0.3) is 0 Å². The van der Waals surface area contributed by atoms with E-state index >= 15 is 0 Å². The number of benzene rings is 1. The molecule has 120 valence electrons. The van der Waals surface area contributed by atoms with E-state index in [0.717, 1.165) is 12.1 Å². The molecule has 3 unspecified atom stereocenters. The van der Waals surface area contributed by atoms with E-state index in [2.05, 4.69) is 0 Å². The van der Waals surface area contributed by atoms with Gasteiger partial charge in [-0.05, 0) is 31.9 Å². The Kier molecular flexibility index (Phi) is 5.19. The number of piperidine rings is 1. The lowest BCUT2D eigenvalue weighted by Crippen LogP contribution is -2.55. The SMILES string of the molecule is CC(N)C(C)C(=O)N(C)C1CCCN(c2ccccc2)C1=O. The lowest BCUT2D eigenvalue weighted by atomic mass is 9.98. The van der Waals surface area contributed by atoms with Gasteiger partial charge in [0.1, 0.15) is 6.04 Å². The molecule has 0 aliphatic carbocycles. The van der Waals surface area contributed by atoms with Gasteiger partial charge in [0, 0.05) is 25.3 Å². The van der Waals surface area contributed by atoms with Gasteiger partial charge in [0.25, 0.3) is 0 Å². The summed E-state index contributed by atoms with van der Waals surface area (Å²) in [6, 6.07) is 8.98. The molecule has 1 heterocycles. The normalized spacial score (nSPS) is 21.4. The summed E-state index contributed by atoms with van der Waals surface area (Å²) in [4.78, 5) is 28.6. The fourth-order valence-corrected chi connectivity index (χ4v) is 2.78. The standard InChI is InChI=1S/C17H25N3O2/c1-12(13(2)18)16(21)19(3)15-10-7-11-20(17(15)22)14-8-5-4-6-9-14/h4-6,8-9,12-13,15H,7,10-11,18H2,1-3H3. The van der Waals surface area contributed by atoms with Crippen LogP contribution in [-0.2, 0) is 9.59 Å². The quantitative estimate of drug-likeness (QED) is 0.919. The highest BCUT2D eigenvalue weighted by atomic mass is 16.2. The number of amides is 2. The molecule has 0 spiro atoms. The van der Waals surface area contributed by atoms with Crippen molar-refractivity contribution in [1.82, 2.24) is 4.90 Å². The molecule has 3 atom stereocenters. The molecule has 22 heavy (non-hydrogen) atoms. The summed E-state index contributed by atoms with van der Waals surface area (Å²) in [6.07, 6.45) is 1.59. The first-order valence-electron chi connectivity index (χ1n) is 7.82. The number of para-hydroxylation sites is 1. The number of nitrogens with two attached hydrogens (primary N) is 1. The summed E-state index contributed by atoms with van der Waals surface area (Å²) in [5, 5.41) is 0. The van der Waals surface area contributed by atoms with Gasteiger partial charge < -0.3 is 15.5 Å². The van der Waals surface area contributed by atoms with Crippen LogP contribution < -0.4 is 10.6 Å². The highest BCUT2D eigenvalue weighted by molar-refractivity contribution is 6.00. The van der Waals surface area contributed by atoms with Crippen molar-refractivity contribution >= 4 is 17.5 Å². The van der Waals surface area contributed by atoms with Gasteiger partial charge in [-0.2, -0.15) is 0 Å². The lowest BCUT2D eigenvalue weighted by molar-refractivity contribution is -0.142. The largest absolute Gasteiger partial charge is 0.333 e. The topological polar surface area (TPSA) is 66.6 Å². The predicted octanol–water partition coefficient (Wildman–Crippen LogP) is 1.62. The van der Waals surface area contributed by atoms with E-state index in [1.807, 2.05) is 44.2 Å². The fourth-order valence-electron chi connectivity index (χ4n) is 2.78. The minimum absolute atomic E-state index is 0.00910. The molecule has 1 aliphatic heterocycles. The number of rotatable bonds is 4. The van der Waals surface area contributed by atoms with Crippen molar-refractivity contribution in [3.05, 3.63) is 30.3 Å². The summed E-state index contributed by atoms with van der Waals surface area (Å²) in [6.45, 7) is 4.32. The maximum atomic E-state index is 12.8. The van der Waals surface area contributed by atoms with Gasteiger partial charge in [-0.1, -0.05) is 25.1 Å². The van der Waals surface area contributed by atoms with E-state index in [9.17, 15) is 9.59 Å². The van der Waals surface area contributed by atoms with Crippen LogP contribution >= 0.6 is 0 Å². The summed E-state index contributed by atoms with van der Waals surface area (Å²) >= 11 is 0. The third-order valence-electron chi connectivity index (χ3n) is 4.47. The Labute approximate surface area is 132 Å². The van der Waals surface area contributed by atoms with Gasteiger partial charge in [0.15, 0.2) is 0 Å². The lowest BCUT2D eigenvalue weighted by Gasteiger charge is -2.38. The van der Waals surface area contributed by atoms with Crippen LogP contribution in [0.15, 0.2) is 30.3 Å². The third-order valence-corrected chi connectivity index (χ3v) is 4.47. The molecule has 0 bridgehead atoms. The van der Waals surface area contributed by atoms with Crippen LogP contribution in [0.5, 0.6) is 0 Å². The molecule has 5 heteroatoms. The molecule has 5 nitrogen and oxygen atoms in total. The maximum Gasteiger partial charge on any atom is 0.249 e. The number of hydrogen-bond donors (Lipinski definition) is 1. The molecule has 2 amide bonds. The Balaban J connectivity index is 2.15. The highest BCUT2D eigenvalue weighted by Crippen LogP contribution is 2.24. The van der Waals surface area contributed by atoms with Gasteiger partial charge in [-0.3, -0.25) is 9.59 Å². The van der Waals surface area contributed by atoms with Crippen molar-refractivity contribution in [3.63, 3.8) is 0 Å². The molecule has 2 N–H and O–H groups in total. The van der Waals surface area contributed by atoms with Crippen molar-refractivity contribution < 1.29 is 9.59 Å². The molecule has 2 rings (SSSR count). The molecule has 1 aromatic carbocycles. The zero-order chi connectivity index (χ0) is 16.3. The van der Waals surface area contributed by atoms with E-state index in [4.69, 9.17) is 5.73 Å². The zero-order valence-corrected chi connectivity index (χ0v) is 13.5. The van der Waals surface area contributed by atoms with Crippen molar-refractivity contribution in [2.75, 3.05) is 18.5 Å². The Morgan fingerprint density at radius 1 is 1.32 bits per heavy atom. The number of anilines is 1. The molecular weight excluding hydrogens is 278 g/mol. The second-order valence-electron chi connectivity index (χ2n) is 6.08. The van der Waals surface area contributed by atoms with Gasteiger partial charge in [-0.15, -0.1) is 0 Å². The van der Waals surface area contributed by atoms with Crippen LogP contribution in [0.1, 0.15) is 26.7 Å². The fraction of sp³-hybridized carbons (Fsp3) is 0.529. The summed E-state index contributed by atoms with van der Waals surface area (Å²) in [7, 11) is 1.71. The van der Waals surface area contributed by atoms with Crippen LogP contribution in [0.4, 0.5) is 5.69 Å². The highest BCUT2D eigenvalue weighted by Gasteiger charge is 2.36. The van der Waals surface area contributed by atoms with Crippen molar-refractivity contribution in [2.45, 2.75) is 38.8 Å². The Morgan fingerprint density at radius 2 is 1.95 bits per heavy atom. The van der Waals surface area contributed by atoms with Crippen LogP contribution in [-0.4, -0.2) is 42.4 Å². The van der Waals surface area contributed by atoms with E-state index in [-0.39, 0.29) is 23.8 Å². The Bertz CT molecular complexity index is 530. The molecule has 1 aliphatic rings. The molecule has 0 aromatic heterocycles. The molecular formula is C17H25N3O2. The first-order valence-corrected chi connectivity index (χ1v) is 7.82. The van der Waals surface area contributed by atoms with Gasteiger partial charge in [0.2, 0.25) is 11.8 Å². The number of carbonyl (C=O) groups excluding carboxylic acids is 2. The average Bonchev–Trinajstić information content (AvgIpc) is 2.53. The summed E-state index contributed by atoms with van der Waals surface area (Å²) in [5.41, 5.74) is 6.70. The molecule has 1 saturated heterocycles. The summed E-state index contributed by atoms with van der Waals surface area (Å²) < 4.78 is 0. The van der Waals surface area contributed by atoms with Gasteiger partial charge in [-0.25, -0.2) is 0 Å². The van der Waals surface area contributed by atoms with Crippen molar-refractivity contribution in [3.8, 4) is 0 Å². The van der Waals surface area contributed by atoms with Gasteiger partial charge >= 0.3 is 0 Å². The van der Waals surface area contributed by atoms with Crippen LogP contribution in [0, 0.1) is 5.92 Å². The Morgan fingerprint density at radius 3 is 2.55 bits per heavy atom. The maximum absolute atomic E-state index is 12.8. The van der Waals surface area contributed by atoms with Crippen molar-refractivity contribution in [1.29, 1.82) is 0 Å². The molecule has 0 saturated carbocycles. The number of hydrogen-bond acceptors (Lipinski definition) is 3. The second-order valence-corrected chi connectivity index (χ2v) is 6.08. The number of likely N-dealkylation sites (N-methyl/N-ethyl adjacent to an activating group) is 1. The second kappa shape index (κ2) is 6.92. The van der Waals surface area contributed by atoms with E-state index < -0.39 is 6.04 Å². The minimum atomic E-state index is -0.400. The smallest absolute Gasteiger partial charge is 0.249 e. The predicted molar refractivity (Wildman–Crippen MR) is 87.4 cm³/mol. The molecule has 1 aromatic rings. The van der Waals surface area contributed by atoms with Gasteiger partial charge in [0.05, 0.1) is 5.92 Å². The monoisotopic (exact) mass is 303 g/mol. The first-order chi connectivity index (χ1) is 10.4. The van der Waals surface area contributed by atoms with Crippen LogP contribution in [0.3, 0.4) is 0 Å². The van der Waals surface area contributed by atoms with E-state index in [0.29, 0.717) is 13.0 Å². The first kappa shape index (κ1) is 16.5. The van der Waals surface area contributed by atoms with Crippen LogP contribution in [0.2, 0.25) is 0 Å². The van der Waals surface area contributed by atoms with Crippen molar-refractivity contribution in [2.24, 2.45) is 11.7 Å². The number of nitrogens with zero attached hydrogens (tertiary/aromatic N) is 2. The summed E-state index contributed by atoms with van der Waals surface area (Å²) in [5.74, 6) is -0.363. The number of carbonyl (C=O) groups is 2. The molecule has 1 fully saturated rings. The van der Waals surface area contributed by atoms with E-state index in [1.54, 1.807) is 16.8 Å².